The Morgan fingerprint density at radius 2 is 1.86 bits per heavy atom. The van der Waals surface area contributed by atoms with E-state index < -0.39 is 0 Å². The summed E-state index contributed by atoms with van der Waals surface area (Å²) in [6.07, 6.45) is 0.653. The molecule has 21 heavy (non-hydrogen) atoms. The minimum Gasteiger partial charge on any atom is -0.392 e. The number of nitrogens with zero attached hydrogens (tertiary/aromatic N) is 2. The van der Waals surface area contributed by atoms with Crippen LogP contribution in [0.3, 0.4) is 0 Å². The van der Waals surface area contributed by atoms with Gasteiger partial charge in [0.1, 0.15) is 0 Å². The van der Waals surface area contributed by atoms with Gasteiger partial charge in [-0.3, -0.25) is 0 Å². The topological polar surface area (TPSA) is 59.2 Å². The van der Waals surface area contributed by atoms with Gasteiger partial charge in [-0.1, -0.05) is 47.1 Å². The molecule has 0 radical (unpaired) electrons. The minimum atomic E-state index is 0.0305. The molecular formula is C17H16N2O2. The lowest BCUT2D eigenvalue weighted by Gasteiger charge is -1.98. The molecule has 0 atom stereocenters. The third-order valence-electron chi connectivity index (χ3n) is 3.30. The molecule has 0 spiro atoms. The summed E-state index contributed by atoms with van der Waals surface area (Å²) in [7, 11) is 0. The second-order valence-electron chi connectivity index (χ2n) is 5.04. The van der Waals surface area contributed by atoms with Crippen LogP contribution in [0.2, 0.25) is 0 Å². The Morgan fingerprint density at radius 3 is 2.57 bits per heavy atom. The van der Waals surface area contributed by atoms with Crippen LogP contribution in [-0.4, -0.2) is 15.2 Å². The maximum Gasteiger partial charge on any atom is 0.257 e. The SMILES string of the molecule is Cc1cccc(Cc2noc(-c3ccc(CO)cc3)n2)c1. The quantitative estimate of drug-likeness (QED) is 0.797. The first kappa shape index (κ1) is 13.5. The van der Waals surface area contributed by atoms with E-state index in [1.54, 1.807) is 0 Å². The summed E-state index contributed by atoms with van der Waals surface area (Å²) in [6, 6.07) is 15.7. The maximum absolute atomic E-state index is 9.04. The van der Waals surface area contributed by atoms with Gasteiger partial charge in [0.2, 0.25) is 0 Å². The highest BCUT2D eigenvalue weighted by atomic mass is 16.5. The van der Waals surface area contributed by atoms with Gasteiger partial charge in [-0.15, -0.1) is 0 Å². The molecule has 0 saturated carbocycles. The smallest absolute Gasteiger partial charge is 0.257 e. The molecule has 0 aliphatic carbocycles. The van der Waals surface area contributed by atoms with Gasteiger partial charge in [-0.2, -0.15) is 4.98 Å². The van der Waals surface area contributed by atoms with Gasteiger partial charge in [0, 0.05) is 12.0 Å². The average Bonchev–Trinajstić information content (AvgIpc) is 2.96. The maximum atomic E-state index is 9.04. The molecule has 0 bridgehead atoms. The van der Waals surface area contributed by atoms with E-state index in [0.717, 1.165) is 16.7 Å². The molecule has 0 unspecified atom stereocenters. The molecule has 0 aliphatic rings. The summed E-state index contributed by atoms with van der Waals surface area (Å²) in [5.74, 6) is 1.17. The molecule has 3 aromatic rings. The summed E-state index contributed by atoms with van der Waals surface area (Å²) in [5.41, 5.74) is 4.10. The summed E-state index contributed by atoms with van der Waals surface area (Å²) in [4.78, 5) is 4.42. The van der Waals surface area contributed by atoms with Crippen molar-refractivity contribution in [1.29, 1.82) is 0 Å². The second kappa shape index (κ2) is 5.89. The Balaban J connectivity index is 1.79. The lowest BCUT2D eigenvalue weighted by atomic mass is 10.1. The van der Waals surface area contributed by atoms with Crippen molar-refractivity contribution in [2.45, 2.75) is 20.0 Å². The first-order valence-corrected chi connectivity index (χ1v) is 6.83. The number of aryl methyl sites for hydroxylation is 1. The van der Waals surface area contributed by atoms with Crippen molar-refractivity contribution in [3.05, 3.63) is 71.0 Å². The molecule has 106 valence electrons. The van der Waals surface area contributed by atoms with Crippen molar-refractivity contribution in [2.75, 3.05) is 0 Å². The zero-order valence-electron chi connectivity index (χ0n) is 11.8. The van der Waals surface area contributed by atoms with Crippen LogP contribution >= 0.6 is 0 Å². The first-order chi connectivity index (χ1) is 10.2. The Morgan fingerprint density at radius 1 is 1.05 bits per heavy atom. The zero-order chi connectivity index (χ0) is 14.7. The van der Waals surface area contributed by atoms with E-state index in [1.807, 2.05) is 30.3 Å². The molecule has 1 heterocycles. The standard InChI is InChI=1S/C17H16N2O2/c1-12-3-2-4-14(9-12)10-16-18-17(21-19-16)15-7-5-13(11-20)6-8-15/h2-9,20H,10-11H2,1H3. The van der Waals surface area contributed by atoms with Crippen molar-refractivity contribution in [2.24, 2.45) is 0 Å². The highest BCUT2D eigenvalue weighted by Crippen LogP contribution is 2.19. The van der Waals surface area contributed by atoms with E-state index in [4.69, 9.17) is 9.63 Å². The third-order valence-corrected chi connectivity index (χ3v) is 3.30. The summed E-state index contributed by atoms with van der Waals surface area (Å²) in [5, 5.41) is 13.1. The Labute approximate surface area is 123 Å². The van der Waals surface area contributed by atoms with Gasteiger partial charge in [0.25, 0.3) is 5.89 Å². The molecule has 0 saturated heterocycles. The Kier molecular flexibility index (Phi) is 3.79. The minimum absolute atomic E-state index is 0.0305. The third kappa shape index (κ3) is 3.17. The van der Waals surface area contributed by atoms with Crippen LogP contribution in [0.1, 0.15) is 22.5 Å². The fourth-order valence-corrected chi connectivity index (χ4v) is 2.20. The number of aromatic nitrogens is 2. The van der Waals surface area contributed by atoms with Gasteiger partial charge >= 0.3 is 0 Å². The van der Waals surface area contributed by atoms with Crippen LogP contribution in [-0.2, 0) is 13.0 Å². The van der Waals surface area contributed by atoms with E-state index in [9.17, 15) is 0 Å². The van der Waals surface area contributed by atoms with Gasteiger partial charge in [-0.25, -0.2) is 0 Å². The molecule has 1 aromatic heterocycles. The Bertz CT molecular complexity index is 733. The molecule has 4 heteroatoms. The van der Waals surface area contributed by atoms with Crippen LogP contribution in [0.25, 0.3) is 11.5 Å². The molecule has 2 aromatic carbocycles. The lowest BCUT2D eigenvalue weighted by Crippen LogP contribution is -1.91. The van der Waals surface area contributed by atoms with Crippen molar-refractivity contribution in [3.8, 4) is 11.5 Å². The normalized spacial score (nSPS) is 10.8. The number of benzene rings is 2. The number of hydrogen-bond acceptors (Lipinski definition) is 4. The summed E-state index contributed by atoms with van der Waals surface area (Å²) in [6.45, 7) is 2.09. The molecule has 0 aliphatic heterocycles. The van der Waals surface area contributed by atoms with E-state index in [2.05, 4.69) is 35.3 Å². The fourth-order valence-electron chi connectivity index (χ4n) is 2.20. The molecule has 0 amide bonds. The van der Waals surface area contributed by atoms with Crippen molar-refractivity contribution in [1.82, 2.24) is 10.1 Å². The van der Waals surface area contributed by atoms with Gasteiger partial charge < -0.3 is 9.63 Å². The van der Waals surface area contributed by atoms with Crippen LogP contribution in [0.4, 0.5) is 0 Å². The summed E-state index contributed by atoms with van der Waals surface area (Å²) >= 11 is 0. The van der Waals surface area contributed by atoms with E-state index in [0.29, 0.717) is 18.1 Å². The highest BCUT2D eigenvalue weighted by molar-refractivity contribution is 5.53. The molecule has 1 N–H and O–H groups in total. The zero-order valence-corrected chi connectivity index (χ0v) is 11.8. The largest absolute Gasteiger partial charge is 0.392 e. The Hall–Kier alpha value is -2.46. The monoisotopic (exact) mass is 280 g/mol. The fraction of sp³-hybridized carbons (Fsp3) is 0.176. The van der Waals surface area contributed by atoms with Crippen molar-refractivity contribution >= 4 is 0 Å². The number of hydrogen-bond donors (Lipinski definition) is 1. The van der Waals surface area contributed by atoms with Gasteiger partial charge in [0.05, 0.1) is 6.61 Å². The van der Waals surface area contributed by atoms with Crippen LogP contribution in [0.15, 0.2) is 53.1 Å². The predicted molar refractivity (Wildman–Crippen MR) is 79.6 cm³/mol. The predicted octanol–water partition coefficient (Wildman–Crippen LogP) is 3.13. The molecule has 4 nitrogen and oxygen atoms in total. The molecule has 0 fully saturated rings. The molecule has 3 rings (SSSR count). The molecular weight excluding hydrogens is 264 g/mol. The van der Waals surface area contributed by atoms with E-state index in [1.165, 1.54) is 5.56 Å². The van der Waals surface area contributed by atoms with Crippen LogP contribution in [0.5, 0.6) is 0 Å². The average molecular weight is 280 g/mol. The first-order valence-electron chi connectivity index (χ1n) is 6.83. The summed E-state index contributed by atoms with van der Waals surface area (Å²) < 4.78 is 5.30. The number of aliphatic hydroxyl groups excluding tert-OH is 1. The number of aliphatic hydroxyl groups is 1. The lowest BCUT2D eigenvalue weighted by molar-refractivity contribution is 0.282. The van der Waals surface area contributed by atoms with Gasteiger partial charge in [0.15, 0.2) is 5.82 Å². The van der Waals surface area contributed by atoms with Gasteiger partial charge in [-0.05, 0) is 30.2 Å². The number of rotatable bonds is 4. The highest BCUT2D eigenvalue weighted by Gasteiger charge is 2.09. The van der Waals surface area contributed by atoms with E-state index >= 15 is 0 Å². The second-order valence-corrected chi connectivity index (χ2v) is 5.04. The van der Waals surface area contributed by atoms with Crippen LogP contribution < -0.4 is 0 Å². The van der Waals surface area contributed by atoms with E-state index in [-0.39, 0.29) is 6.61 Å². The van der Waals surface area contributed by atoms with Crippen molar-refractivity contribution < 1.29 is 9.63 Å². The van der Waals surface area contributed by atoms with Crippen molar-refractivity contribution in [3.63, 3.8) is 0 Å². The van der Waals surface area contributed by atoms with Crippen LogP contribution in [0, 0.1) is 6.92 Å².